The molecule has 1 fully saturated rings. The topological polar surface area (TPSA) is 61.4 Å². The molecule has 2 aromatic heterocycles. The van der Waals surface area contributed by atoms with Crippen LogP contribution in [0.4, 0.5) is 20.3 Å². The van der Waals surface area contributed by atoms with Gasteiger partial charge < -0.3 is 15.1 Å². The molecule has 1 aromatic carbocycles. The van der Waals surface area contributed by atoms with Gasteiger partial charge in [-0.25, -0.2) is 18.7 Å². The molecule has 1 aliphatic heterocycles. The minimum atomic E-state index is -2.67. The molecule has 0 unspecified atom stereocenters. The first-order valence-electron chi connectivity index (χ1n) is 8.89. The summed E-state index contributed by atoms with van der Waals surface area (Å²) >= 11 is 1.31. The summed E-state index contributed by atoms with van der Waals surface area (Å²) in [5.41, 5.74) is 0.727. The number of likely N-dealkylation sites (N-methyl/N-ethyl adjacent to an activating group) is 1. The number of thiophene rings is 1. The van der Waals surface area contributed by atoms with Crippen molar-refractivity contribution in [3.63, 3.8) is 0 Å². The number of nitrogens with one attached hydrogen (secondary N) is 1. The van der Waals surface area contributed by atoms with Gasteiger partial charge in [0, 0.05) is 42.8 Å². The number of fused-ring (bicyclic) bond motifs is 1. The van der Waals surface area contributed by atoms with Gasteiger partial charge in [0.15, 0.2) is 0 Å². The third kappa shape index (κ3) is 3.67. The van der Waals surface area contributed by atoms with E-state index in [1.54, 1.807) is 17.6 Å². The van der Waals surface area contributed by atoms with Gasteiger partial charge in [0.1, 0.15) is 16.2 Å². The molecule has 3 heterocycles. The number of aromatic nitrogens is 2. The molecule has 146 valence electrons. The van der Waals surface area contributed by atoms with Gasteiger partial charge >= 0.3 is 0 Å². The van der Waals surface area contributed by atoms with Gasteiger partial charge in [-0.1, -0.05) is 18.2 Å². The zero-order valence-electron chi connectivity index (χ0n) is 15.2. The largest absolute Gasteiger partial charge is 0.353 e. The summed E-state index contributed by atoms with van der Waals surface area (Å²) in [6.07, 6.45) is -0.947. The highest BCUT2D eigenvalue weighted by atomic mass is 32.1. The maximum atomic E-state index is 13.2. The monoisotopic (exact) mass is 403 g/mol. The fraction of sp³-hybridized carbons (Fsp3) is 0.316. The molecule has 1 saturated heterocycles. The summed E-state index contributed by atoms with van der Waals surface area (Å²) in [6, 6.07) is 5.90. The van der Waals surface area contributed by atoms with Gasteiger partial charge in [-0.3, -0.25) is 4.79 Å². The minimum absolute atomic E-state index is 0.102. The van der Waals surface area contributed by atoms with E-state index in [9.17, 15) is 13.6 Å². The van der Waals surface area contributed by atoms with E-state index in [-0.39, 0.29) is 11.3 Å². The van der Waals surface area contributed by atoms with Gasteiger partial charge in [0.05, 0.1) is 11.8 Å². The van der Waals surface area contributed by atoms with Crippen molar-refractivity contribution in [3.8, 4) is 0 Å². The molecule has 0 aliphatic carbocycles. The third-order valence-corrected chi connectivity index (χ3v) is 5.66. The van der Waals surface area contributed by atoms with Crippen LogP contribution in [0, 0.1) is 0 Å². The maximum absolute atomic E-state index is 13.2. The number of anilines is 2. The van der Waals surface area contributed by atoms with Crippen molar-refractivity contribution >= 4 is 39.1 Å². The van der Waals surface area contributed by atoms with Gasteiger partial charge in [0.25, 0.3) is 12.3 Å². The van der Waals surface area contributed by atoms with E-state index < -0.39 is 12.3 Å². The second kappa shape index (κ2) is 7.76. The summed E-state index contributed by atoms with van der Waals surface area (Å²) < 4.78 is 26.4. The standard InChI is InChI=1S/C19H19F2N5OS/c1-25-6-8-26(9-7-25)15-10-22-19-16(24-15)13(11-28-19)18(27)23-14-5-3-2-4-12(14)17(20)21/h2-5,10-11,17H,6-9H2,1H3,(H,23,27). The quantitative estimate of drug-likeness (QED) is 0.721. The maximum Gasteiger partial charge on any atom is 0.265 e. The molecule has 0 saturated carbocycles. The zero-order valence-corrected chi connectivity index (χ0v) is 16.0. The lowest BCUT2D eigenvalue weighted by molar-refractivity contribution is 0.102. The molecule has 3 aromatic rings. The number of piperazine rings is 1. The van der Waals surface area contributed by atoms with Crippen LogP contribution in [0.3, 0.4) is 0 Å². The zero-order chi connectivity index (χ0) is 19.7. The van der Waals surface area contributed by atoms with E-state index in [4.69, 9.17) is 0 Å². The van der Waals surface area contributed by atoms with Crippen LogP contribution in [0.2, 0.25) is 0 Å². The number of nitrogens with zero attached hydrogens (tertiary/aromatic N) is 4. The first-order chi connectivity index (χ1) is 13.5. The first-order valence-corrected chi connectivity index (χ1v) is 9.77. The number of carbonyl (C=O) groups is 1. The molecule has 0 spiro atoms. The second-order valence-electron chi connectivity index (χ2n) is 6.66. The van der Waals surface area contributed by atoms with Crippen LogP contribution >= 0.6 is 11.3 Å². The predicted molar refractivity (Wildman–Crippen MR) is 106 cm³/mol. The van der Waals surface area contributed by atoms with E-state index in [0.717, 1.165) is 32.0 Å². The molecule has 0 bridgehead atoms. The average Bonchev–Trinajstić information content (AvgIpc) is 3.12. The molecule has 0 atom stereocenters. The first kappa shape index (κ1) is 18.7. The number of para-hydroxylation sites is 1. The normalized spacial score (nSPS) is 15.4. The van der Waals surface area contributed by atoms with Crippen LogP contribution in [0.15, 0.2) is 35.8 Å². The van der Waals surface area contributed by atoms with Crippen molar-refractivity contribution in [2.24, 2.45) is 0 Å². The van der Waals surface area contributed by atoms with Crippen LogP contribution in [-0.4, -0.2) is 54.0 Å². The molecule has 4 rings (SSSR count). The fourth-order valence-corrected chi connectivity index (χ4v) is 3.97. The Labute approximate surface area is 164 Å². The Kier molecular flexibility index (Phi) is 5.19. The van der Waals surface area contributed by atoms with Crippen LogP contribution in [0.1, 0.15) is 22.3 Å². The average molecular weight is 403 g/mol. The van der Waals surface area contributed by atoms with Crippen LogP contribution in [0.5, 0.6) is 0 Å². The number of hydrogen-bond acceptors (Lipinski definition) is 6. The summed E-state index contributed by atoms with van der Waals surface area (Å²) in [5.74, 6) is 0.255. The molecule has 6 nitrogen and oxygen atoms in total. The summed E-state index contributed by atoms with van der Waals surface area (Å²) in [4.78, 5) is 26.9. The Hall–Kier alpha value is -2.65. The summed E-state index contributed by atoms with van der Waals surface area (Å²) in [7, 11) is 2.07. The van der Waals surface area contributed by atoms with Gasteiger partial charge in [-0.2, -0.15) is 0 Å². The molecule has 0 radical (unpaired) electrons. The number of benzene rings is 1. The number of carbonyl (C=O) groups excluding carboxylic acids is 1. The molecule has 1 amide bonds. The minimum Gasteiger partial charge on any atom is -0.353 e. The number of rotatable bonds is 4. The lowest BCUT2D eigenvalue weighted by Gasteiger charge is -2.32. The van der Waals surface area contributed by atoms with Crippen molar-refractivity contribution in [3.05, 3.63) is 47.0 Å². The number of hydrogen-bond donors (Lipinski definition) is 1. The highest BCUT2D eigenvalue weighted by Crippen LogP contribution is 2.29. The Morgan fingerprint density at radius 3 is 2.71 bits per heavy atom. The highest BCUT2D eigenvalue weighted by molar-refractivity contribution is 7.17. The number of halogens is 2. The predicted octanol–water partition coefficient (Wildman–Crippen LogP) is 3.63. The Bertz CT molecular complexity index is 1000. The SMILES string of the molecule is CN1CCN(c2cnc3scc(C(=O)Nc4ccccc4C(F)F)c3n2)CC1. The van der Waals surface area contributed by atoms with Crippen molar-refractivity contribution in [1.82, 2.24) is 14.9 Å². The smallest absolute Gasteiger partial charge is 0.265 e. The lowest BCUT2D eigenvalue weighted by atomic mass is 10.1. The van der Waals surface area contributed by atoms with E-state index in [1.807, 2.05) is 0 Å². The lowest BCUT2D eigenvalue weighted by Crippen LogP contribution is -2.44. The Morgan fingerprint density at radius 1 is 1.21 bits per heavy atom. The van der Waals surface area contributed by atoms with Crippen molar-refractivity contribution in [2.75, 3.05) is 43.4 Å². The van der Waals surface area contributed by atoms with E-state index in [1.165, 1.54) is 29.5 Å². The Balaban J connectivity index is 1.62. The van der Waals surface area contributed by atoms with E-state index in [2.05, 4.69) is 32.1 Å². The molecule has 28 heavy (non-hydrogen) atoms. The molecule has 1 aliphatic rings. The third-order valence-electron chi connectivity index (χ3n) is 4.79. The van der Waals surface area contributed by atoms with Crippen LogP contribution in [-0.2, 0) is 0 Å². The van der Waals surface area contributed by atoms with Crippen LogP contribution < -0.4 is 10.2 Å². The van der Waals surface area contributed by atoms with E-state index >= 15 is 0 Å². The molecule has 1 N–H and O–H groups in total. The Morgan fingerprint density at radius 2 is 1.96 bits per heavy atom. The van der Waals surface area contributed by atoms with Crippen molar-refractivity contribution in [1.29, 1.82) is 0 Å². The van der Waals surface area contributed by atoms with Crippen molar-refractivity contribution < 1.29 is 13.6 Å². The highest BCUT2D eigenvalue weighted by Gasteiger charge is 2.21. The summed E-state index contributed by atoms with van der Waals surface area (Å²) in [5, 5.41) is 4.26. The second-order valence-corrected chi connectivity index (χ2v) is 7.52. The molecule has 9 heteroatoms. The van der Waals surface area contributed by atoms with E-state index in [0.29, 0.717) is 15.9 Å². The van der Waals surface area contributed by atoms with Gasteiger partial charge in [-0.15, -0.1) is 11.3 Å². The van der Waals surface area contributed by atoms with Crippen LogP contribution in [0.25, 0.3) is 10.3 Å². The van der Waals surface area contributed by atoms with Gasteiger partial charge in [-0.05, 0) is 13.1 Å². The van der Waals surface area contributed by atoms with Crippen molar-refractivity contribution in [2.45, 2.75) is 6.43 Å². The number of amides is 1. The fourth-order valence-electron chi connectivity index (χ4n) is 3.14. The van der Waals surface area contributed by atoms with Gasteiger partial charge in [0.2, 0.25) is 0 Å². The number of alkyl halides is 2. The summed E-state index contributed by atoms with van der Waals surface area (Å²) in [6.45, 7) is 3.54. The molecular formula is C19H19F2N5OS. The molecular weight excluding hydrogens is 384 g/mol.